The molecule has 0 N–H and O–H groups in total. The van der Waals surface area contributed by atoms with Gasteiger partial charge in [-0.05, 0) is 30.3 Å². The van der Waals surface area contributed by atoms with Crippen LogP contribution in [0.15, 0.2) is 75.9 Å². The van der Waals surface area contributed by atoms with Crippen molar-refractivity contribution in [1.82, 2.24) is 29.5 Å². The number of aryl methyl sites for hydroxylation is 1. The van der Waals surface area contributed by atoms with Crippen LogP contribution in [0, 0.1) is 0 Å². The summed E-state index contributed by atoms with van der Waals surface area (Å²) in [6, 6.07) is 15.4. The van der Waals surface area contributed by atoms with Crippen molar-refractivity contribution in [3.63, 3.8) is 0 Å². The molecule has 0 aliphatic carbocycles. The number of hydrogen-bond donors (Lipinski definition) is 0. The maximum absolute atomic E-state index is 13.9. The van der Waals surface area contributed by atoms with Crippen LogP contribution in [0.3, 0.4) is 0 Å². The van der Waals surface area contributed by atoms with Gasteiger partial charge in [-0.3, -0.25) is 4.68 Å². The Bertz CT molecular complexity index is 1600. The van der Waals surface area contributed by atoms with Gasteiger partial charge >= 0.3 is 6.18 Å². The predicted octanol–water partition coefficient (Wildman–Crippen LogP) is 7.59. The summed E-state index contributed by atoms with van der Waals surface area (Å²) in [5.41, 5.74) is 1.36. The standard InChI is InChI=1S/C24H14Br2ClF3N6/c1-35-12-15(11-31-35)18-10-19(24(28,29)30)33-23(32-18)36-22(14-5-3-7-17(26)9-14)20(27)21(34-36)13-4-2-6-16(25)8-13/h2-12H,1H3. The summed E-state index contributed by atoms with van der Waals surface area (Å²) < 4.78 is 45.9. The number of hydrogen-bond acceptors (Lipinski definition) is 4. The molecule has 5 aromatic rings. The Morgan fingerprint density at radius 2 is 1.56 bits per heavy atom. The van der Waals surface area contributed by atoms with E-state index in [-0.39, 0.29) is 16.7 Å². The third kappa shape index (κ3) is 4.82. The molecule has 2 aromatic carbocycles. The van der Waals surface area contributed by atoms with E-state index in [1.54, 1.807) is 31.4 Å². The first-order valence-electron chi connectivity index (χ1n) is 10.4. The first kappa shape index (κ1) is 24.7. The van der Waals surface area contributed by atoms with E-state index in [1.165, 1.54) is 15.6 Å². The average molecular weight is 639 g/mol. The van der Waals surface area contributed by atoms with Crippen molar-refractivity contribution < 1.29 is 13.2 Å². The van der Waals surface area contributed by atoms with E-state index in [1.807, 2.05) is 30.3 Å². The van der Waals surface area contributed by atoms with E-state index in [0.29, 0.717) is 28.1 Å². The van der Waals surface area contributed by atoms with Crippen LogP contribution in [0.1, 0.15) is 5.69 Å². The minimum Gasteiger partial charge on any atom is -0.275 e. The highest BCUT2D eigenvalue weighted by molar-refractivity contribution is 9.10. The van der Waals surface area contributed by atoms with Gasteiger partial charge in [0.25, 0.3) is 5.95 Å². The van der Waals surface area contributed by atoms with Crippen molar-refractivity contribution in [1.29, 1.82) is 0 Å². The summed E-state index contributed by atoms with van der Waals surface area (Å²) >= 11 is 13.7. The van der Waals surface area contributed by atoms with Gasteiger partial charge < -0.3 is 0 Å². The predicted molar refractivity (Wildman–Crippen MR) is 138 cm³/mol. The molecule has 182 valence electrons. The molecule has 0 aliphatic heterocycles. The Labute approximate surface area is 225 Å². The number of halogens is 6. The third-order valence-corrected chi connectivity index (χ3v) is 6.56. The number of alkyl halides is 3. The van der Waals surface area contributed by atoms with E-state index in [9.17, 15) is 13.2 Å². The van der Waals surface area contributed by atoms with Gasteiger partial charge in [0.05, 0.1) is 22.6 Å². The molecule has 0 saturated carbocycles. The monoisotopic (exact) mass is 636 g/mol. The molecule has 0 bridgehead atoms. The zero-order valence-corrected chi connectivity index (χ0v) is 22.2. The Morgan fingerprint density at radius 1 is 0.889 bits per heavy atom. The smallest absolute Gasteiger partial charge is 0.275 e. The minimum absolute atomic E-state index is 0.0521. The molecular formula is C24H14Br2ClF3N6. The number of benzene rings is 2. The summed E-state index contributed by atoms with van der Waals surface area (Å²) in [6.45, 7) is 0. The first-order chi connectivity index (χ1) is 17.1. The van der Waals surface area contributed by atoms with Gasteiger partial charge in [0.15, 0.2) is 5.69 Å². The normalized spacial score (nSPS) is 11.8. The fourth-order valence-electron chi connectivity index (χ4n) is 3.62. The molecule has 0 spiro atoms. The van der Waals surface area contributed by atoms with Crippen LogP contribution >= 0.6 is 43.5 Å². The highest BCUT2D eigenvalue weighted by Gasteiger charge is 2.35. The fraction of sp³-hybridized carbons (Fsp3) is 0.0833. The summed E-state index contributed by atoms with van der Waals surface area (Å²) in [5.74, 6) is -0.276. The van der Waals surface area contributed by atoms with E-state index >= 15 is 0 Å². The van der Waals surface area contributed by atoms with Crippen LogP contribution in [-0.2, 0) is 13.2 Å². The van der Waals surface area contributed by atoms with Gasteiger partial charge in [-0.15, -0.1) is 0 Å². The zero-order valence-electron chi connectivity index (χ0n) is 18.3. The molecule has 3 aromatic heterocycles. The van der Waals surface area contributed by atoms with Crippen LogP contribution in [0.5, 0.6) is 0 Å². The molecule has 0 unspecified atom stereocenters. The molecule has 0 radical (unpaired) electrons. The van der Waals surface area contributed by atoms with Crippen molar-refractivity contribution in [2.45, 2.75) is 6.18 Å². The number of nitrogens with zero attached hydrogens (tertiary/aromatic N) is 6. The second-order valence-corrected chi connectivity index (χ2v) is 9.99. The second-order valence-electron chi connectivity index (χ2n) is 7.78. The van der Waals surface area contributed by atoms with E-state index in [4.69, 9.17) is 11.6 Å². The molecule has 0 atom stereocenters. The molecule has 36 heavy (non-hydrogen) atoms. The van der Waals surface area contributed by atoms with Crippen LogP contribution in [0.2, 0.25) is 5.02 Å². The van der Waals surface area contributed by atoms with Crippen molar-refractivity contribution in [2.24, 2.45) is 7.05 Å². The highest BCUT2D eigenvalue weighted by atomic mass is 79.9. The first-order valence-corrected chi connectivity index (χ1v) is 12.3. The van der Waals surface area contributed by atoms with E-state index in [2.05, 4.69) is 52.0 Å². The lowest BCUT2D eigenvalue weighted by Gasteiger charge is -2.12. The van der Waals surface area contributed by atoms with Crippen molar-refractivity contribution in [2.75, 3.05) is 0 Å². The Morgan fingerprint density at radius 3 is 2.17 bits per heavy atom. The van der Waals surface area contributed by atoms with Crippen LogP contribution in [0.4, 0.5) is 13.2 Å². The molecule has 12 heteroatoms. The van der Waals surface area contributed by atoms with Gasteiger partial charge in [0.1, 0.15) is 5.69 Å². The number of aromatic nitrogens is 6. The van der Waals surface area contributed by atoms with Crippen molar-refractivity contribution >= 4 is 43.5 Å². The van der Waals surface area contributed by atoms with Gasteiger partial charge in [0, 0.05) is 38.9 Å². The molecular weight excluding hydrogens is 625 g/mol. The lowest BCUT2D eigenvalue weighted by Crippen LogP contribution is -2.14. The lowest BCUT2D eigenvalue weighted by molar-refractivity contribution is -0.141. The lowest BCUT2D eigenvalue weighted by atomic mass is 10.1. The van der Waals surface area contributed by atoms with Gasteiger partial charge in [0.2, 0.25) is 0 Å². The van der Waals surface area contributed by atoms with Crippen LogP contribution < -0.4 is 0 Å². The molecule has 3 heterocycles. The van der Waals surface area contributed by atoms with Crippen molar-refractivity contribution in [3.05, 3.63) is 86.7 Å². The van der Waals surface area contributed by atoms with E-state index < -0.39 is 11.9 Å². The van der Waals surface area contributed by atoms with Gasteiger partial charge in [-0.25, -0.2) is 9.97 Å². The van der Waals surface area contributed by atoms with Crippen LogP contribution in [-0.4, -0.2) is 29.5 Å². The van der Waals surface area contributed by atoms with E-state index in [0.717, 1.165) is 15.0 Å². The molecule has 0 fully saturated rings. The van der Waals surface area contributed by atoms with Crippen molar-refractivity contribution in [3.8, 4) is 39.7 Å². The molecule has 5 rings (SSSR count). The number of rotatable bonds is 4. The van der Waals surface area contributed by atoms with Gasteiger partial charge in [-0.1, -0.05) is 67.7 Å². The highest BCUT2D eigenvalue weighted by Crippen LogP contribution is 2.39. The molecule has 0 aliphatic rings. The minimum atomic E-state index is -4.71. The Kier molecular flexibility index (Phi) is 6.48. The topological polar surface area (TPSA) is 61.4 Å². The SMILES string of the molecule is Cn1cc(-c2cc(C(F)(F)F)nc(-n3nc(-c4cccc(Br)c4)c(Cl)c3-c3cccc(Br)c3)n2)cn1. The summed E-state index contributed by atoms with van der Waals surface area (Å²) in [7, 11) is 1.67. The maximum Gasteiger partial charge on any atom is 0.433 e. The molecule has 6 nitrogen and oxygen atoms in total. The molecule has 0 amide bonds. The molecule has 0 saturated heterocycles. The largest absolute Gasteiger partial charge is 0.433 e. The second kappa shape index (κ2) is 9.45. The third-order valence-electron chi connectivity index (χ3n) is 5.22. The Balaban J connectivity index is 1.81. The quantitative estimate of drug-likeness (QED) is 0.204. The Hall–Kier alpha value is -3.02. The van der Waals surface area contributed by atoms with Gasteiger partial charge in [-0.2, -0.15) is 28.1 Å². The van der Waals surface area contributed by atoms with Crippen LogP contribution in [0.25, 0.3) is 39.7 Å². The maximum atomic E-state index is 13.9. The zero-order chi connectivity index (χ0) is 25.6. The average Bonchev–Trinajstić information content (AvgIpc) is 3.41. The fourth-order valence-corrected chi connectivity index (χ4v) is 4.76. The summed E-state index contributed by atoms with van der Waals surface area (Å²) in [4.78, 5) is 8.27. The summed E-state index contributed by atoms with van der Waals surface area (Å²) in [5, 5.41) is 8.89. The summed E-state index contributed by atoms with van der Waals surface area (Å²) in [6.07, 6.45) is -1.70.